The maximum Gasteiger partial charge on any atom is 0.341 e. The molecule has 1 unspecified atom stereocenters. The summed E-state index contributed by atoms with van der Waals surface area (Å²) in [4.78, 5) is 49.1. The second-order valence-electron chi connectivity index (χ2n) is 7.57. The van der Waals surface area contributed by atoms with Crippen molar-refractivity contribution in [1.82, 2.24) is 15.1 Å². The summed E-state index contributed by atoms with van der Waals surface area (Å²) < 4.78 is 12.2. The van der Waals surface area contributed by atoms with Crippen molar-refractivity contribution in [2.75, 3.05) is 19.0 Å². The molecule has 4 rings (SSSR count). The highest BCUT2D eigenvalue weighted by Gasteiger charge is 2.32. The highest BCUT2D eigenvalue weighted by Crippen LogP contribution is 2.34. The molecular weight excluding hydrogens is 448 g/mol. The molecule has 0 radical (unpaired) electrons. The molecule has 172 valence electrons. The average molecular weight is 471 g/mol. The summed E-state index contributed by atoms with van der Waals surface area (Å²) in [5.41, 5.74) is 1.88. The minimum absolute atomic E-state index is 0.250. The van der Waals surface area contributed by atoms with Crippen LogP contribution in [0.4, 0.5) is 5.69 Å². The van der Waals surface area contributed by atoms with Crippen molar-refractivity contribution in [1.29, 1.82) is 0 Å². The fraction of sp³-hybridized carbons (Fsp3) is 0.318. The first kappa shape index (κ1) is 22.5. The third kappa shape index (κ3) is 4.31. The Labute approximate surface area is 192 Å². The molecule has 1 aromatic carbocycles. The van der Waals surface area contributed by atoms with Gasteiger partial charge in [0.1, 0.15) is 11.3 Å². The number of hydrogen-bond donors (Lipinski definition) is 2. The van der Waals surface area contributed by atoms with Crippen molar-refractivity contribution >= 4 is 51.6 Å². The number of thiophene rings is 1. The van der Waals surface area contributed by atoms with Crippen LogP contribution >= 0.6 is 11.3 Å². The molecular formula is C22H22N4O6S. The van der Waals surface area contributed by atoms with E-state index in [2.05, 4.69) is 15.7 Å². The van der Waals surface area contributed by atoms with Crippen LogP contribution in [0.2, 0.25) is 0 Å². The van der Waals surface area contributed by atoms with Crippen molar-refractivity contribution in [2.24, 2.45) is 7.05 Å². The van der Waals surface area contributed by atoms with Crippen LogP contribution in [0.5, 0.6) is 5.75 Å². The third-order valence-electron chi connectivity index (χ3n) is 5.42. The molecule has 0 spiro atoms. The molecule has 0 bridgehead atoms. The molecule has 1 fully saturated rings. The zero-order chi connectivity index (χ0) is 23.7. The minimum atomic E-state index is -0.538. The number of methoxy groups -OCH3 is 1. The van der Waals surface area contributed by atoms with E-state index in [-0.39, 0.29) is 24.8 Å². The van der Waals surface area contributed by atoms with Gasteiger partial charge in [-0.2, -0.15) is 5.10 Å². The van der Waals surface area contributed by atoms with E-state index in [0.29, 0.717) is 40.0 Å². The van der Waals surface area contributed by atoms with Gasteiger partial charge in [0.2, 0.25) is 11.8 Å². The average Bonchev–Trinajstić information content (AvgIpc) is 3.31. The Morgan fingerprint density at radius 1 is 1.33 bits per heavy atom. The fourth-order valence-electron chi connectivity index (χ4n) is 3.89. The summed E-state index contributed by atoms with van der Waals surface area (Å²) in [6, 6.07) is 5.29. The van der Waals surface area contributed by atoms with E-state index >= 15 is 0 Å². The van der Waals surface area contributed by atoms with Crippen molar-refractivity contribution in [3.63, 3.8) is 0 Å². The number of aryl methyl sites for hydroxylation is 2. The largest absolute Gasteiger partial charge is 0.481 e. The van der Waals surface area contributed by atoms with Crippen molar-refractivity contribution in [3.8, 4) is 5.75 Å². The lowest BCUT2D eigenvalue weighted by Gasteiger charge is -2.19. The van der Waals surface area contributed by atoms with Crippen LogP contribution in [-0.2, 0) is 26.2 Å². The van der Waals surface area contributed by atoms with Gasteiger partial charge in [0.15, 0.2) is 6.61 Å². The molecule has 1 saturated heterocycles. The number of aromatic nitrogens is 2. The van der Waals surface area contributed by atoms with Gasteiger partial charge in [0, 0.05) is 29.1 Å². The maximum atomic E-state index is 12.5. The first-order chi connectivity index (χ1) is 15.8. The molecule has 2 aromatic heterocycles. The molecule has 1 atom stereocenters. The molecule has 33 heavy (non-hydrogen) atoms. The monoisotopic (exact) mass is 470 g/mol. The number of carbonyl (C=O) groups excluding carboxylic acids is 4. The second-order valence-corrected chi connectivity index (χ2v) is 8.66. The van der Waals surface area contributed by atoms with E-state index < -0.39 is 17.8 Å². The van der Waals surface area contributed by atoms with E-state index in [0.717, 1.165) is 4.88 Å². The highest BCUT2D eigenvalue weighted by molar-refractivity contribution is 7.10. The number of fused-ring (bicyclic) bond motifs is 1. The van der Waals surface area contributed by atoms with Gasteiger partial charge in [-0.05, 0) is 19.4 Å². The molecule has 11 heteroatoms. The van der Waals surface area contributed by atoms with Gasteiger partial charge in [-0.25, -0.2) is 4.79 Å². The van der Waals surface area contributed by atoms with E-state index in [9.17, 15) is 19.2 Å². The Morgan fingerprint density at radius 2 is 2.12 bits per heavy atom. The molecule has 1 aliphatic heterocycles. The van der Waals surface area contributed by atoms with Crippen LogP contribution in [0.15, 0.2) is 23.6 Å². The van der Waals surface area contributed by atoms with E-state index in [1.54, 1.807) is 36.2 Å². The number of imide groups is 1. The quantitative estimate of drug-likeness (QED) is 0.418. The van der Waals surface area contributed by atoms with E-state index in [4.69, 9.17) is 9.47 Å². The van der Waals surface area contributed by atoms with Gasteiger partial charge in [-0.3, -0.25) is 24.4 Å². The molecule has 2 N–H and O–H groups in total. The summed E-state index contributed by atoms with van der Waals surface area (Å²) in [6.45, 7) is 1.47. The van der Waals surface area contributed by atoms with E-state index in [1.807, 2.05) is 6.07 Å². The van der Waals surface area contributed by atoms with Gasteiger partial charge in [-0.15, -0.1) is 11.3 Å². The number of rotatable bonds is 6. The maximum absolute atomic E-state index is 12.5. The van der Waals surface area contributed by atoms with Gasteiger partial charge in [-0.1, -0.05) is 12.1 Å². The van der Waals surface area contributed by atoms with Crippen LogP contribution in [0.1, 0.15) is 39.7 Å². The van der Waals surface area contributed by atoms with Crippen molar-refractivity contribution < 1.29 is 28.7 Å². The Hall–Kier alpha value is -3.73. The van der Waals surface area contributed by atoms with Gasteiger partial charge in [0.25, 0.3) is 5.91 Å². The number of amides is 3. The molecule has 1 aliphatic rings. The zero-order valence-corrected chi connectivity index (χ0v) is 19.1. The standard InChI is InChI=1S/C22H22N4O6S/c1-11-18(22(30)31-3)14(10-33-11)23-17(28)9-32-15-6-4-5-12-19(25-26(2)20(12)15)13-7-8-16(27)24-21(13)29/h4-6,10,13H,7-9H2,1-3H3,(H,23,28)(H,24,27,29). The number of hydrogen-bond acceptors (Lipinski definition) is 8. The number of anilines is 1. The number of esters is 1. The molecule has 0 saturated carbocycles. The van der Waals surface area contributed by atoms with Crippen LogP contribution in [0, 0.1) is 6.92 Å². The molecule has 3 amide bonds. The topological polar surface area (TPSA) is 129 Å². The minimum Gasteiger partial charge on any atom is -0.481 e. The van der Waals surface area contributed by atoms with Gasteiger partial charge < -0.3 is 14.8 Å². The zero-order valence-electron chi connectivity index (χ0n) is 18.3. The number of nitrogens with one attached hydrogen (secondary N) is 2. The Balaban J connectivity index is 1.53. The summed E-state index contributed by atoms with van der Waals surface area (Å²) in [6.07, 6.45) is 0.632. The number of piperidine rings is 1. The normalized spacial score (nSPS) is 15.9. The van der Waals surface area contributed by atoms with Crippen molar-refractivity contribution in [2.45, 2.75) is 25.7 Å². The summed E-state index contributed by atoms with van der Waals surface area (Å²) in [5.74, 6) is -1.74. The number of nitrogens with zero attached hydrogens (tertiary/aromatic N) is 2. The van der Waals surface area contributed by atoms with Crippen LogP contribution in [0.3, 0.4) is 0 Å². The number of para-hydroxylation sites is 1. The fourth-order valence-corrected chi connectivity index (χ4v) is 4.67. The van der Waals surface area contributed by atoms with Gasteiger partial charge in [0.05, 0.1) is 30.0 Å². The molecule has 0 aliphatic carbocycles. The summed E-state index contributed by atoms with van der Waals surface area (Å²) in [5, 5.41) is 11.9. The van der Waals surface area contributed by atoms with Crippen LogP contribution < -0.4 is 15.4 Å². The molecule has 3 aromatic rings. The lowest BCUT2D eigenvalue weighted by Crippen LogP contribution is -2.39. The van der Waals surface area contributed by atoms with Crippen LogP contribution in [0.25, 0.3) is 10.9 Å². The van der Waals surface area contributed by atoms with E-state index in [1.165, 1.54) is 18.4 Å². The van der Waals surface area contributed by atoms with Crippen LogP contribution in [-0.4, -0.2) is 47.2 Å². The Bertz CT molecular complexity index is 1280. The smallest absolute Gasteiger partial charge is 0.341 e. The Kier molecular flexibility index (Phi) is 6.14. The number of benzene rings is 1. The first-order valence-corrected chi connectivity index (χ1v) is 11.1. The summed E-state index contributed by atoms with van der Waals surface area (Å²) >= 11 is 1.33. The number of ether oxygens (including phenoxy) is 2. The second kappa shape index (κ2) is 9.02. The predicted molar refractivity (Wildman–Crippen MR) is 120 cm³/mol. The molecule has 3 heterocycles. The lowest BCUT2D eigenvalue weighted by atomic mass is 9.93. The summed E-state index contributed by atoms with van der Waals surface area (Å²) in [7, 11) is 3.01. The molecule has 10 nitrogen and oxygen atoms in total. The van der Waals surface area contributed by atoms with Crippen molar-refractivity contribution in [3.05, 3.63) is 39.7 Å². The third-order valence-corrected chi connectivity index (χ3v) is 6.33. The lowest BCUT2D eigenvalue weighted by molar-refractivity contribution is -0.134. The number of carbonyl (C=O) groups is 4. The highest BCUT2D eigenvalue weighted by atomic mass is 32.1. The van der Waals surface area contributed by atoms with Gasteiger partial charge >= 0.3 is 5.97 Å². The first-order valence-electron chi connectivity index (χ1n) is 10.2. The predicted octanol–water partition coefficient (Wildman–Crippen LogP) is 2.27. The SMILES string of the molecule is COC(=O)c1c(NC(=O)COc2cccc3c(C4CCC(=O)NC4=O)nn(C)c23)csc1C. The Morgan fingerprint density at radius 3 is 2.85 bits per heavy atom.